The monoisotopic (exact) mass is 609 g/mol. The van der Waals surface area contributed by atoms with Gasteiger partial charge in [0.05, 0.1) is 13.7 Å². The number of ether oxygens (including phenoxy) is 3. The van der Waals surface area contributed by atoms with Crippen LogP contribution in [0.3, 0.4) is 0 Å². The Labute approximate surface area is 262 Å². The second kappa shape index (κ2) is 14.9. The van der Waals surface area contributed by atoms with E-state index in [1.165, 1.54) is 12.0 Å². The van der Waals surface area contributed by atoms with Gasteiger partial charge in [-0.15, -0.1) is 0 Å². The first-order chi connectivity index (χ1) is 21.9. The SMILES string of the molecule is COC(=O)C1CCCN1C(=O)OC(C)[n+]1cccc(CNC(=O)Nc2ccc(COc3ccccc3-c3ccccc3)cc2)c1. The molecule has 3 aromatic carbocycles. The number of carbonyl (C=O) groups is 3. The minimum atomic E-state index is -0.625. The van der Waals surface area contributed by atoms with Crippen molar-refractivity contribution in [2.24, 2.45) is 0 Å². The van der Waals surface area contributed by atoms with Gasteiger partial charge in [0.2, 0.25) is 0 Å². The maximum Gasteiger partial charge on any atom is 0.415 e. The molecule has 1 saturated heterocycles. The molecule has 0 saturated carbocycles. The molecule has 0 bridgehead atoms. The first-order valence-corrected chi connectivity index (χ1v) is 14.9. The van der Waals surface area contributed by atoms with E-state index in [-0.39, 0.29) is 12.6 Å². The summed E-state index contributed by atoms with van der Waals surface area (Å²) in [6, 6.07) is 28.3. The Morgan fingerprint density at radius 1 is 0.933 bits per heavy atom. The van der Waals surface area contributed by atoms with Gasteiger partial charge >= 0.3 is 24.3 Å². The number of benzene rings is 3. The zero-order chi connectivity index (χ0) is 31.6. The van der Waals surface area contributed by atoms with Gasteiger partial charge in [-0.3, -0.25) is 4.90 Å². The van der Waals surface area contributed by atoms with Crippen LogP contribution in [-0.2, 0) is 27.4 Å². The quantitative estimate of drug-likeness (QED) is 0.173. The van der Waals surface area contributed by atoms with Gasteiger partial charge in [0, 0.05) is 36.3 Å². The van der Waals surface area contributed by atoms with Crippen molar-refractivity contribution >= 4 is 23.8 Å². The molecule has 4 aromatic rings. The van der Waals surface area contributed by atoms with Crippen LogP contribution in [0, 0.1) is 0 Å². The van der Waals surface area contributed by atoms with E-state index in [9.17, 15) is 14.4 Å². The van der Waals surface area contributed by atoms with Crippen molar-refractivity contribution in [3.05, 3.63) is 115 Å². The molecule has 1 aromatic heterocycles. The molecule has 232 valence electrons. The first kappa shape index (κ1) is 31.1. The maximum absolute atomic E-state index is 12.7. The van der Waals surface area contributed by atoms with Crippen LogP contribution >= 0.6 is 0 Å². The number of nitrogens with zero attached hydrogens (tertiary/aromatic N) is 2. The lowest BCUT2D eigenvalue weighted by Crippen LogP contribution is -2.46. The van der Waals surface area contributed by atoms with Gasteiger partial charge in [-0.1, -0.05) is 60.7 Å². The number of aromatic nitrogens is 1. The summed E-state index contributed by atoms with van der Waals surface area (Å²) < 4.78 is 18.3. The molecular formula is C35H37N4O6+. The predicted octanol–water partition coefficient (Wildman–Crippen LogP) is 5.83. The fourth-order valence-corrected chi connectivity index (χ4v) is 5.17. The van der Waals surface area contributed by atoms with Crippen LogP contribution in [0.1, 0.15) is 37.1 Å². The summed E-state index contributed by atoms with van der Waals surface area (Å²) in [6.07, 6.45) is 3.64. The number of anilines is 1. The summed E-state index contributed by atoms with van der Waals surface area (Å²) in [4.78, 5) is 38.7. The molecule has 45 heavy (non-hydrogen) atoms. The number of esters is 1. The normalized spacial score (nSPS) is 14.7. The summed E-state index contributed by atoms with van der Waals surface area (Å²) in [5, 5.41) is 5.70. The minimum Gasteiger partial charge on any atom is -0.488 e. The van der Waals surface area contributed by atoms with Crippen LogP contribution in [0.15, 0.2) is 103 Å². The zero-order valence-electron chi connectivity index (χ0n) is 25.3. The van der Waals surface area contributed by atoms with Crippen molar-refractivity contribution in [1.82, 2.24) is 10.2 Å². The van der Waals surface area contributed by atoms with Gasteiger partial charge in [0.15, 0.2) is 12.4 Å². The zero-order valence-corrected chi connectivity index (χ0v) is 25.3. The molecule has 10 nitrogen and oxygen atoms in total. The number of urea groups is 1. The maximum atomic E-state index is 12.7. The van der Waals surface area contributed by atoms with Gasteiger partial charge in [0.1, 0.15) is 18.4 Å². The van der Waals surface area contributed by atoms with Crippen LogP contribution in [0.5, 0.6) is 5.75 Å². The summed E-state index contributed by atoms with van der Waals surface area (Å²) in [7, 11) is 1.31. The fourth-order valence-electron chi connectivity index (χ4n) is 5.17. The number of methoxy groups -OCH3 is 1. The van der Waals surface area contributed by atoms with Crippen molar-refractivity contribution in [3.8, 4) is 16.9 Å². The molecule has 2 N–H and O–H groups in total. The highest BCUT2D eigenvalue weighted by Crippen LogP contribution is 2.30. The van der Waals surface area contributed by atoms with E-state index in [1.807, 2.05) is 78.9 Å². The van der Waals surface area contributed by atoms with Crippen LogP contribution in [0.2, 0.25) is 0 Å². The van der Waals surface area contributed by atoms with Crippen LogP contribution in [0.25, 0.3) is 11.1 Å². The Morgan fingerprint density at radius 3 is 2.47 bits per heavy atom. The van der Waals surface area contributed by atoms with Gasteiger partial charge in [-0.2, -0.15) is 4.57 Å². The predicted molar refractivity (Wildman–Crippen MR) is 168 cm³/mol. The van der Waals surface area contributed by atoms with Crippen LogP contribution in [-0.4, -0.2) is 42.7 Å². The molecule has 2 unspecified atom stereocenters. The van der Waals surface area contributed by atoms with Crippen molar-refractivity contribution in [2.75, 3.05) is 19.0 Å². The Hall–Kier alpha value is -5.38. The summed E-state index contributed by atoms with van der Waals surface area (Å²) >= 11 is 0. The first-order valence-electron chi connectivity index (χ1n) is 14.9. The molecular weight excluding hydrogens is 572 g/mol. The third-order valence-electron chi connectivity index (χ3n) is 7.57. The number of para-hydroxylation sites is 1. The van der Waals surface area contributed by atoms with E-state index >= 15 is 0 Å². The second-order valence-corrected chi connectivity index (χ2v) is 10.7. The number of likely N-dealkylation sites (tertiary alicyclic amines) is 1. The average molecular weight is 610 g/mol. The topological polar surface area (TPSA) is 110 Å². The van der Waals surface area contributed by atoms with Gasteiger partial charge in [-0.25, -0.2) is 14.4 Å². The number of pyridine rings is 1. The second-order valence-electron chi connectivity index (χ2n) is 10.7. The van der Waals surface area contributed by atoms with Gasteiger partial charge in [0.25, 0.3) is 0 Å². The third kappa shape index (κ3) is 8.17. The van der Waals surface area contributed by atoms with E-state index in [0.29, 0.717) is 31.7 Å². The highest BCUT2D eigenvalue weighted by atomic mass is 16.6. The fraction of sp³-hybridized carbons (Fsp3) is 0.257. The Kier molecular flexibility index (Phi) is 10.3. The summed E-state index contributed by atoms with van der Waals surface area (Å²) in [5.41, 5.74) is 4.56. The van der Waals surface area contributed by atoms with Crippen LogP contribution in [0.4, 0.5) is 15.3 Å². The Balaban J connectivity index is 1.09. The molecule has 0 spiro atoms. The highest BCUT2D eigenvalue weighted by Gasteiger charge is 2.37. The number of rotatable bonds is 10. The molecule has 2 heterocycles. The van der Waals surface area contributed by atoms with E-state index in [2.05, 4.69) is 22.8 Å². The number of hydrogen-bond donors (Lipinski definition) is 2. The van der Waals surface area contributed by atoms with E-state index in [4.69, 9.17) is 14.2 Å². The number of hydrogen-bond acceptors (Lipinski definition) is 6. The van der Waals surface area contributed by atoms with E-state index in [1.54, 1.807) is 23.9 Å². The van der Waals surface area contributed by atoms with Crippen LogP contribution < -0.4 is 19.9 Å². The molecule has 3 amide bonds. The van der Waals surface area contributed by atoms with Crippen molar-refractivity contribution in [1.29, 1.82) is 0 Å². The summed E-state index contributed by atoms with van der Waals surface area (Å²) in [6.45, 7) is 2.83. The number of carbonyl (C=O) groups excluding carboxylic acids is 3. The number of amides is 3. The minimum absolute atomic E-state index is 0.261. The molecule has 2 atom stereocenters. The van der Waals surface area contributed by atoms with Gasteiger partial charge < -0.3 is 24.8 Å². The average Bonchev–Trinajstić information content (AvgIpc) is 3.58. The number of nitrogens with one attached hydrogen (secondary N) is 2. The van der Waals surface area contributed by atoms with Crippen molar-refractivity contribution in [2.45, 2.75) is 45.2 Å². The molecule has 0 radical (unpaired) electrons. The molecule has 0 aliphatic carbocycles. The standard InChI is InChI=1S/C35H36N4O6/c1-25(45-35(42)39-21-9-14-31(39)33(40)43-2)38-20-8-10-27(23-38)22-36-34(41)37-29-18-16-26(17-19-29)24-44-32-15-7-6-13-30(32)28-11-4-3-5-12-28/h3-8,10-13,15-20,23,25,31H,9,14,21-22,24H2,1-2H3,(H-,36,37,41)/p+1. The lowest BCUT2D eigenvalue weighted by Gasteiger charge is -2.22. The molecule has 5 rings (SSSR count). The Morgan fingerprint density at radius 2 is 1.69 bits per heavy atom. The molecule has 1 fully saturated rings. The van der Waals surface area contributed by atoms with E-state index in [0.717, 1.165) is 28.0 Å². The van der Waals surface area contributed by atoms with Crippen molar-refractivity contribution in [3.63, 3.8) is 0 Å². The molecule has 1 aliphatic heterocycles. The lowest BCUT2D eigenvalue weighted by atomic mass is 10.0. The van der Waals surface area contributed by atoms with E-state index < -0.39 is 24.3 Å². The molecule has 10 heteroatoms. The third-order valence-corrected chi connectivity index (χ3v) is 7.57. The highest BCUT2D eigenvalue weighted by molar-refractivity contribution is 5.89. The lowest BCUT2D eigenvalue weighted by molar-refractivity contribution is -0.753. The largest absolute Gasteiger partial charge is 0.488 e. The van der Waals surface area contributed by atoms with Gasteiger partial charge in [-0.05, 0) is 48.2 Å². The Bertz CT molecular complexity index is 1610. The summed E-state index contributed by atoms with van der Waals surface area (Å²) in [5.74, 6) is 0.362. The smallest absolute Gasteiger partial charge is 0.415 e. The molecule has 1 aliphatic rings. The van der Waals surface area contributed by atoms with Crippen molar-refractivity contribution < 1.29 is 33.2 Å².